The zero-order chi connectivity index (χ0) is 15.8. The number of halogens is 1. The van der Waals surface area contributed by atoms with Crippen LogP contribution in [0.3, 0.4) is 0 Å². The summed E-state index contributed by atoms with van der Waals surface area (Å²) in [4.78, 5) is 0. The first-order chi connectivity index (χ1) is 10.1. The molecule has 0 unspecified atom stereocenters. The normalized spacial score (nSPS) is 12.0. The topological polar surface area (TPSA) is 23.9 Å². The van der Waals surface area contributed by atoms with Gasteiger partial charge in [0.05, 0.1) is 0 Å². The van der Waals surface area contributed by atoms with E-state index in [9.17, 15) is 0 Å². The van der Waals surface area contributed by atoms with Crippen LogP contribution in [0.25, 0.3) is 5.57 Å². The van der Waals surface area contributed by atoms with Gasteiger partial charge in [-0.15, -0.1) is 12.2 Å². The fraction of sp³-hybridized carbons (Fsp3) is 0.158. The summed E-state index contributed by atoms with van der Waals surface area (Å²) < 4.78 is 0. The molecule has 1 rings (SSSR count). The van der Waals surface area contributed by atoms with Gasteiger partial charge in [0.15, 0.2) is 0 Å². The Kier molecular flexibility index (Phi) is 6.50. The largest absolute Gasteiger partial charge is 0.308 e. The smallest absolute Gasteiger partial charge is 0.0412 e. The Morgan fingerprint density at radius 3 is 2.67 bits per heavy atom. The van der Waals surface area contributed by atoms with E-state index in [2.05, 4.69) is 18.2 Å². The molecule has 0 spiro atoms. The average molecular weight is 296 g/mol. The summed E-state index contributed by atoms with van der Waals surface area (Å²) in [7, 11) is 0. The first-order valence-corrected chi connectivity index (χ1v) is 7.00. The molecule has 0 saturated carbocycles. The quantitative estimate of drug-likeness (QED) is 0.323. The monoisotopic (exact) mass is 295 g/mol. The molecular formula is C19H18ClN. The molecule has 0 amide bonds. The number of terminal acetylenes is 1. The number of rotatable bonds is 5. The van der Waals surface area contributed by atoms with E-state index in [0.29, 0.717) is 10.6 Å². The number of nitrogens with one attached hydrogen (secondary N) is 1. The van der Waals surface area contributed by atoms with Crippen LogP contribution in [0.5, 0.6) is 0 Å². The summed E-state index contributed by atoms with van der Waals surface area (Å²) >= 11 is 6.00. The highest BCUT2D eigenvalue weighted by molar-refractivity contribution is 6.31. The van der Waals surface area contributed by atoms with Crippen LogP contribution >= 0.6 is 11.6 Å². The van der Waals surface area contributed by atoms with E-state index >= 15 is 0 Å². The molecule has 0 aliphatic heterocycles. The van der Waals surface area contributed by atoms with Crippen molar-refractivity contribution < 1.29 is 0 Å². The molecule has 0 aliphatic carbocycles. The highest BCUT2D eigenvalue weighted by atomic mass is 35.5. The van der Waals surface area contributed by atoms with Crippen molar-refractivity contribution in [1.82, 2.24) is 0 Å². The van der Waals surface area contributed by atoms with Crippen molar-refractivity contribution in [2.45, 2.75) is 20.3 Å². The Morgan fingerprint density at radius 2 is 2.19 bits per heavy atom. The Bertz CT molecular complexity index is 693. The van der Waals surface area contributed by atoms with Crippen LogP contribution in [0, 0.1) is 17.8 Å². The van der Waals surface area contributed by atoms with Gasteiger partial charge in [-0.25, -0.2) is 0 Å². The van der Waals surface area contributed by atoms with Gasteiger partial charge in [-0.2, -0.15) is 0 Å². The molecule has 0 heterocycles. The standard InChI is InChI=1S/C19H18ClN/c1-5-14(4)19(7-3)15(6-2)11-17(13-21)16-9-8-10-18(20)12-16/h2,8-13,21H,1,7H2,3-4H3/b17-11+,19-15+,21-13?. The van der Waals surface area contributed by atoms with Gasteiger partial charge in [0.1, 0.15) is 0 Å². The van der Waals surface area contributed by atoms with Crippen molar-refractivity contribution in [3.63, 3.8) is 0 Å². The second kappa shape index (κ2) is 8.12. The van der Waals surface area contributed by atoms with Crippen LogP contribution in [-0.4, -0.2) is 6.21 Å². The van der Waals surface area contributed by atoms with Gasteiger partial charge in [-0.05, 0) is 48.3 Å². The van der Waals surface area contributed by atoms with Crippen molar-refractivity contribution in [1.29, 1.82) is 5.41 Å². The average Bonchev–Trinajstić information content (AvgIpc) is 2.50. The lowest BCUT2D eigenvalue weighted by Crippen LogP contribution is -1.92. The lowest BCUT2D eigenvalue weighted by Gasteiger charge is -2.08. The third kappa shape index (κ3) is 4.36. The molecule has 1 aromatic rings. The molecule has 0 bridgehead atoms. The highest BCUT2D eigenvalue weighted by Crippen LogP contribution is 2.23. The molecule has 0 fully saturated rings. The lowest BCUT2D eigenvalue weighted by atomic mass is 9.96. The molecule has 21 heavy (non-hydrogen) atoms. The predicted molar refractivity (Wildman–Crippen MR) is 92.7 cm³/mol. The summed E-state index contributed by atoms with van der Waals surface area (Å²) in [6.45, 7) is 7.63. The molecule has 1 aromatic carbocycles. The second-order valence-electron chi connectivity index (χ2n) is 4.45. The molecule has 2 heteroatoms. The Labute approximate surface area is 131 Å². The van der Waals surface area contributed by atoms with Crippen LogP contribution in [0.1, 0.15) is 25.8 Å². The number of hydrogen-bond donors (Lipinski definition) is 1. The molecule has 1 nitrogen and oxygen atoms in total. The van der Waals surface area contributed by atoms with Gasteiger partial charge in [0.25, 0.3) is 0 Å². The SMILES string of the molecule is C#CC(/C=C(\C=N)c1cccc(Cl)c1)=C(/CC)C(C)=C=C. The maximum absolute atomic E-state index is 7.62. The second-order valence-corrected chi connectivity index (χ2v) is 4.88. The zero-order valence-electron chi connectivity index (χ0n) is 12.3. The van der Waals surface area contributed by atoms with E-state index in [1.54, 1.807) is 6.07 Å². The minimum atomic E-state index is 0.629. The van der Waals surface area contributed by atoms with Gasteiger partial charge in [-0.1, -0.05) is 43.2 Å². The number of allylic oxidation sites excluding steroid dienone is 5. The minimum Gasteiger partial charge on any atom is -0.308 e. The van der Waals surface area contributed by atoms with Crippen LogP contribution in [0.2, 0.25) is 5.02 Å². The van der Waals surface area contributed by atoms with Crippen LogP contribution < -0.4 is 0 Å². The lowest BCUT2D eigenvalue weighted by molar-refractivity contribution is 1.09. The van der Waals surface area contributed by atoms with Gasteiger partial charge >= 0.3 is 0 Å². The van der Waals surface area contributed by atoms with E-state index in [1.165, 1.54) is 6.21 Å². The third-order valence-electron chi connectivity index (χ3n) is 3.17. The molecule has 0 atom stereocenters. The maximum atomic E-state index is 7.62. The molecule has 106 valence electrons. The summed E-state index contributed by atoms with van der Waals surface area (Å²) in [6.07, 6.45) is 9.53. The van der Waals surface area contributed by atoms with Crippen LogP contribution in [0.4, 0.5) is 0 Å². The summed E-state index contributed by atoms with van der Waals surface area (Å²) in [5.41, 5.74) is 7.13. The van der Waals surface area contributed by atoms with Gasteiger partial charge in [0.2, 0.25) is 0 Å². The maximum Gasteiger partial charge on any atom is 0.0412 e. The first-order valence-electron chi connectivity index (χ1n) is 6.62. The third-order valence-corrected chi connectivity index (χ3v) is 3.40. The van der Waals surface area contributed by atoms with Crippen molar-refractivity contribution in [3.8, 4) is 12.3 Å². The minimum absolute atomic E-state index is 0.629. The van der Waals surface area contributed by atoms with E-state index in [-0.39, 0.29) is 0 Å². The van der Waals surface area contributed by atoms with Gasteiger partial charge in [-0.3, -0.25) is 0 Å². The van der Waals surface area contributed by atoms with Crippen molar-refractivity contribution in [3.05, 3.63) is 70.0 Å². The van der Waals surface area contributed by atoms with Crippen LogP contribution in [-0.2, 0) is 0 Å². The Morgan fingerprint density at radius 1 is 1.48 bits per heavy atom. The van der Waals surface area contributed by atoms with E-state index in [4.69, 9.17) is 23.4 Å². The summed E-state index contributed by atoms with van der Waals surface area (Å²) in [6, 6.07) is 7.36. The molecule has 1 N–H and O–H groups in total. The fourth-order valence-corrected chi connectivity index (χ4v) is 2.20. The summed E-state index contributed by atoms with van der Waals surface area (Å²) in [5.74, 6) is 2.70. The van der Waals surface area contributed by atoms with E-state index in [1.807, 2.05) is 38.1 Å². The molecule has 0 saturated heterocycles. The predicted octanol–water partition coefficient (Wildman–Crippen LogP) is 5.44. The first kappa shape index (κ1) is 16.8. The Hall–Kier alpha value is -2.26. The van der Waals surface area contributed by atoms with Crippen molar-refractivity contribution in [2.75, 3.05) is 0 Å². The highest BCUT2D eigenvalue weighted by Gasteiger charge is 2.06. The zero-order valence-corrected chi connectivity index (χ0v) is 13.1. The number of benzene rings is 1. The van der Waals surface area contributed by atoms with Gasteiger partial charge in [0, 0.05) is 22.4 Å². The van der Waals surface area contributed by atoms with E-state index < -0.39 is 0 Å². The van der Waals surface area contributed by atoms with Crippen molar-refractivity contribution in [2.24, 2.45) is 0 Å². The van der Waals surface area contributed by atoms with Gasteiger partial charge < -0.3 is 5.41 Å². The Balaban J connectivity index is 3.47. The molecule has 0 radical (unpaired) electrons. The fourth-order valence-electron chi connectivity index (χ4n) is 2.01. The molecule has 0 aliphatic rings. The molecular weight excluding hydrogens is 278 g/mol. The molecule has 0 aromatic heterocycles. The number of hydrogen-bond acceptors (Lipinski definition) is 1. The summed E-state index contributed by atoms with van der Waals surface area (Å²) in [5, 5.41) is 8.25. The van der Waals surface area contributed by atoms with Crippen molar-refractivity contribution >= 4 is 23.4 Å². The van der Waals surface area contributed by atoms with Crippen LogP contribution in [0.15, 0.2) is 59.4 Å². The van der Waals surface area contributed by atoms with E-state index in [0.717, 1.165) is 28.7 Å².